The Hall–Kier alpha value is -0.130. The Balaban J connectivity index is 2.39. The van der Waals surface area contributed by atoms with Crippen LogP contribution in [0.4, 0.5) is 0 Å². The van der Waals surface area contributed by atoms with Gasteiger partial charge in [0.1, 0.15) is 9.84 Å². The second-order valence-corrected chi connectivity index (χ2v) is 7.73. The number of nitrogens with one attached hydrogen (secondary N) is 1. The molecule has 0 heterocycles. The first kappa shape index (κ1) is 15.9. The summed E-state index contributed by atoms with van der Waals surface area (Å²) in [7, 11) is -1.04. The third kappa shape index (κ3) is 5.24. The van der Waals surface area contributed by atoms with E-state index in [0.717, 1.165) is 38.6 Å². The molecule has 1 fully saturated rings. The van der Waals surface area contributed by atoms with Crippen molar-refractivity contribution < 1.29 is 13.2 Å². The average Bonchev–Trinajstić information content (AvgIpc) is 2.21. The quantitative estimate of drug-likeness (QED) is 0.697. The number of hydrogen-bond donors (Lipinski definition) is 1. The number of rotatable bonds is 9. The summed E-state index contributed by atoms with van der Waals surface area (Å²) in [5.41, 5.74) is 0.0535. The van der Waals surface area contributed by atoms with Gasteiger partial charge in [-0.15, -0.1) is 0 Å². The lowest BCUT2D eigenvalue weighted by molar-refractivity contribution is -0.0838. The van der Waals surface area contributed by atoms with Crippen molar-refractivity contribution in [3.05, 3.63) is 0 Å². The van der Waals surface area contributed by atoms with Gasteiger partial charge in [0.2, 0.25) is 0 Å². The van der Waals surface area contributed by atoms with Crippen molar-refractivity contribution in [1.29, 1.82) is 0 Å². The molecule has 5 heteroatoms. The molecule has 108 valence electrons. The summed E-state index contributed by atoms with van der Waals surface area (Å²) < 4.78 is 27.9. The van der Waals surface area contributed by atoms with Gasteiger partial charge < -0.3 is 10.1 Å². The van der Waals surface area contributed by atoms with Crippen LogP contribution in [0.25, 0.3) is 0 Å². The fraction of sp³-hybridized carbons (Fsp3) is 1.00. The summed E-state index contributed by atoms with van der Waals surface area (Å²) in [6.45, 7) is 3.01. The van der Waals surface area contributed by atoms with Gasteiger partial charge >= 0.3 is 0 Å². The molecule has 0 spiro atoms. The lowest BCUT2D eigenvalue weighted by Gasteiger charge is -2.43. The summed E-state index contributed by atoms with van der Waals surface area (Å²) in [4.78, 5) is 0. The van der Waals surface area contributed by atoms with Crippen LogP contribution in [0, 0.1) is 0 Å². The molecule has 1 rings (SSSR count). The third-order valence-electron chi connectivity index (χ3n) is 3.88. The van der Waals surface area contributed by atoms with Gasteiger partial charge in [0.15, 0.2) is 0 Å². The fourth-order valence-electron chi connectivity index (χ4n) is 2.67. The zero-order chi connectivity index (χ0) is 13.6. The maximum Gasteiger partial charge on any atom is 0.147 e. The van der Waals surface area contributed by atoms with Gasteiger partial charge in [0, 0.05) is 25.2 Å². The van der Waals surface area contributed by atoms with Crippen LogP contribution in [0.3, 0.4) is 0 Å². The van der Waals surface area contributed by atoms with Gasteiger partial charge in [-0.05, 0) is 45.1 Å². The lowest BCUT2D eigenvalue weighted by Crippen LogP contribution is -2.46. The first-order chi connectivity index (χ1) is 8.41. The Labute approximate surface area is 111 Å². The van der Waals surface area contributed by atoms with E-state index >= 15 is 0 Å². The molecule has 1 aliphatic carbocycles. The molecule has 0 radical (unpaired) electrons. The van der Waals surface area contributed by atoms with Crippen molar-refractivity contribution in [1.82, 2.24) is 5.32 Å². The maximum absolute atomic E-state index is 11.1. The molecule has 1 N–H and O–H groups in total. The van der Waals surface area contributed by atoms with Crippen LogP contribution in [0.5, 0.6) is 0 Å². The van der Waals surface area contributed by atoms with E-state index in [-0.39, 0.29) is 11.4 Å². The molecule has 1 aliphatic rings. The van der Waals surface area contributed by atoms with Crippen LogP contribution in [0.2, 0.25) is 0 Å². The summed E-state index contributed by atoms with van der Waals surface area (Å²) in [5, 5.41) is 3.45. The minimum atomic E-state index is -2.83. The maximum atomic E-state index is 11.1. The van der Waals surface area contributed by atoms with E-state index in [2.05, 4.69) is 12.2 Å². The Kier molecular flexibility index (Phi) is 6.08. The number of hydrogen-bond acceptors (Lipinski definition) is 4. The predicted molar refractivity (Wildman–Crippen MR) is 74.6 cm³/mol. The molecule has 0 aromatic carbocycles. The average molecular weight is 277 g/mol. The van der Waals surface area contributed by atoms with Crippen LogP contribution < -0.4 is 5.32 Å². The van der Waals surface area contributed by atoms with Crippen LogP contribution in [-0.4, -0.2) is 45.7 Å². The Morgan fingerprint density at radius 1 is 1.39 bits per heavy atom. The lowest BCUT2D eigenvalue weighted by atomic mass is 9.75. The van der Waals surface area contributed by atoms with Crippen LogP contribution in [-0.2, 0) is 14.6 Å². The first-order valence-electron chi connectivity index (χ1n) is 6.87. The van der Waals surface area contributed by atoms with E-state index in [1.807, 2.05) is 0 Å². The summed E-state index contributed by atoms with van der Waals surface area (Å²) >= 11 is 0. The second kappa shape index (κ2) is 6.87. The van der Waals surface area contributed by atoms with Gasteiger partial charge in [-0.2, -0.15) is 0 Å². The standard InChI is InChI=1S/C13H27NO3S/c1-4-14-12(7-5-10-18(3,15)16)11-13(17-2)8-6-9-13/h12,14H,4-11H2,1-3H3. The van der Waals surface area contributed by atoms with E-state index < -0.39 is 9.84 Å². The summed E-state index contributed by atoms with van der Waals surface area (Å²) in [5.74, 6) is 0.287. The molecule has 1 atom stereocenters. The second-order valence-electron chi connectivity index (χ2n) is 5.47. The smallest absolute Gasteiger partial charge is 0.147 e. The number of sulfone groups is 1. The predicted octanol–water partition coefficient (Wildman–Crippen LogP) is 1.75. The van der Waals surface area contributed by atoms with Gasteiger partial charge in [0.05, 0.1) is 5.60 Å². The molecule has 4 nitrogen and oxygen atoms in total. The van der Waals surface area contributed by atoms with E-state index in [1.54, 1.807) is 7.11 Å². The van der Waals surface area contributed by atoms with E-state index in [4.69, 9.17) is 4.74 Å². The molecule has 1 saturated carbocycles. The van der Waals surface area contributed by atoms with Gasteiger partial charge in [0.25, 0.3) is 0 Å². The Bertz CT molecular complexity index is 331. The highest BCUT2D eigenvalue weighted by Gasteiger charge is 2.38. The molecular weight excluding hydrogens is 250 g/mol. The highest BCUT2D eigenvalue weighted by molar-refractivity contribution is 7.90. The highest BCUT2D eigenvalue weighted by Crippen LogP contribution is 2.39. The Morgan fingerprint density at radius 3 is 2.44 bits per heavy atom. The fourth-order valence-corrected chi connectivity index (χ4v) is 3.36. The van der Waals surface area contributed by atoms with Gasteiger partial charge in [-0.25, -0.2) is 8.42 Å². The minimum absolute atomic E-state index is 0.0535. The van der Waals surface area contributed by atoms with Crippen LogP contribution >= 0.6 is 0 Å². The zero-order valence-electron chi connectivity index (χ0n) is 11.9. The molecule has 0 aromatic heterocycles. The molecule has 0 bridgehead atoms. The van der Waals surface area contributed by atoms with Gasteiger partial charge in [-0.1, -0.05) is 6.92 Å². The van der Waals surface area contributed by atoms with Crippen molar-refractivity contribution in [2.75, 3.05) is 25.7 Å². The van der Waals surface area contributed by atoms with Crippen molar-refractivity contribution >= 4 is 9.84 Å². The summed E-state index contributed by atoms with van der Waals surface area (Å²) in [6.07, 6.45) is 7.46. The topological polar surface area (TPSA) is 55.4 Å². The van der Waals surface area contributed by atoms with Crippen molar-refractivity contribution in [3.63, 3.8) is 0 Å². The van der Waals surface area contributed by atoms with E-state index in [9.17, 15) is 8.42 Å². The molecule has 18 heavy (non-hydrogen) atoms. The Morgan fingerprint density at radius 2 is 2.06 bits per heavy atom. The highest BCUT2D eigenvalue weighted by atomic mass is 32.2. The zero-order valence-corrected chi connectivity index (χ0v) is 12.7. The molecule has 0 saturated heterocycles. The molecule has 0 amide bonds. The van der Waals surface area contributed by atoms with Crippen molar-refractivity contribution in [3.8, 4) is 0 Å². The normalized spacial score (nSPS) is 20.4. The number of ether oxygens (including phenoxy) is 1. The van der Waals surface area contributed by atoms with Crippen molar-refractivity contribution in [2.45, 2.75) is 57.1 Å². The van der Waals surface area contributed by atoms with Crippen LogP contribution in [0.15, 0.2) is 0 Å². The molecular formula is C13H27NO3S. The van der Waals surface area contributed by atoms with Crippen LogP contribution in [0.1, 0.15) is 45.4 Å². The molecule has 1 unspecified atom stereocenters. The monoisotopic (exact) mass is 277 g/mol. The van der Waals surface area contributed by atoms with Gasteiger partial charge in [-0.3, -0.25) is 0 Å². The molecule has 0 aromatic rings. The molecule has 0 aliphatic heterocycles. The third-order valence-corrected chi connectivity index (χ3v) is 4.91. The number of methoxy groups -OCH3 is 1. The van der Waals surface area contributed by atoms with E-state index in [1.165, 1.54) is 12.7 Å². The van der Waals surface area contributed by atoms with Crippen molar-refractivity contribution in [2.24, 2.45) is 0 Å². The largest absolute Gasteiger partial charge is 0.378 e. The first-order valence-corrected chi connectivity index (χ1v) is 8.93. The van der Waals surface area contributed by atoms with E-state index in [0.29, 0.717) is 6.04 Å². The SMILES string of the molecule is CCNC(CCCS(C)(=O)=O)CC1(OC)CCC1. The minimum Gasteiger partial charge on any atom is -0.378 e. The summed E-state index contributed by atoms with van der Waals surface area (Å²) in [6, 6.07) is 0.372.